The van der Waals surface area contributed by atoms with Crippen LogP contribution in [0.1, 0.15) is 23.4 Å². The Balaban J connectivity index is 2.09. The van der Waals surface area contributed by atoms with Crippen LogP contribution in [-0.4, -0.2) is 4.92 Å². The van der Waals surface area contributed by atoms with Crippen molar-refractivity contribution in [2.45, 2.75) is 19.5 Å². The molecule has 0 aliphatic rings. The summed E-state index contributed by atoms with van der Waals surface area (Å²) in [5.41, 5.74) is 0.635. The fourth-order valence-corrected chi connectivity index (χ4v) is 3.04. The minimum Gasteiger partial charge on any atom is -0.305 e. The van der Waals surface area contributed by atoms with Crippen LogP contribution >= 0.6 is 34.5 Å². The number of hydrogen-bond donors (Lipinski definition) is 1. The third-order valence-electron chi connectivity index (χ3n) is 2.86. The quantitative estimate of drug-likeness (QED) is 0.632. The third-order valence-corrected chi connectivity index (χ3v) is 4.51. The summed E-state index contributed by atoms with van der Waals surface area (Å²) in [6.07, 6.45) is 0. The summed E-state index contributed by atoms with van der Waals surface area (Å²) in [6, 6.07) is 8.54. The molecule has 2 aromatic rings. The van der Waals surface area contributed by atoms with Crippen LogP contribution in [0.3, 0.4) is 0 Å². The molecule has 1 atom stereocenters. The molecule has 0 aliphatic carbocycles. The molecule has 106 valence electrons. The lowest BCUT2D eigenvalue weighted by Gasteiger charge is -2.12. The number of benzene rings is 1. The largest absolute Gasteiger partial charge is 0.305 e. The second-order valence-electron chi connectivity index (χ2n) is 4.27. The second-order valence-corrected chi connectivity index (χ2v) is 6.46. The van der Waals surface area contributed by atoms with Crippen molar-refractivity contribution in [3.63, 3.8) is 0 Å². The summed E-state index contributed by atoms with van der Waals surface area (Å²) in [5.74, 6) is 0. The van der Waals surface area contributed by atoms with E-state index in [1.165, 1.54) is 17.4 Å². The Morgan fingerprint density at radius 2 is 2.10 bits per heavy atom. The molecule has 0 saturated heterocycles. The first kappa shape index (κ1) is 15.3. The van der Waals surface area contributed by atoms with Crippen molar-refractivity contribution >= 4 is 40.2 Å². The number of hydrogen-bond acceptors (Lipinski definition) is 4. The first-order chi connectivity index (χ1) is 9.47. The molecule has 0 amide bonds. The second kappa shape index (κ2) is 6.54. The topological polar surface area (TPSA) is 55.2 Å². The Morgan fingerprint density at radius 1 is 1.35 bits per heavy atom. The predicted molar refractivity (Wildman–Crippen MR) is 82.7 cm³/mol. The van der Waals surface area contributed by atoms with E-state index in [-0.39, 0.29) is 11.7 Å². The van der Waals surface area contributed by atoms with Gasteiger partial charge in [-0.25, -0.2) is 0 Å². The molecule has 1 heterocycles. The Kier molecular flexibility index (Phi) is 4.99. The first-order valence-corrected chi connectivity index (χ1v) is 7.46. The molecule has 0 spiro atoms. The fraction of sp³-hybridized carbons (Fsp3) is 0.231. The van der Waals surface area contributed by atoms with E-state index in [0.717, 1.165) is 9.21 Å². The Labute approximate surface area is 130 Å². The molecule has 0 aliphatic heterocycles. The van der Waals surface area contributed by atoms with Crippen LogP contribution in [0.2, 0.25) is 9.36 Å². The molecule has 1 N–H and O–H groups in total. The number of rotatable bonds is 5. The number of nitrogens with one attached hydrogen (secondary N) is 1. The van der Waals surface area contributed by atoms with Crippen LogP contribution in [0.15, 0.2) is 30.3 Å². The molecule has 0 bridgehead atoms. The summed E-state index contributed by atoms with van der Waals surface area (Å²) >= 11 is 13.2. The van der Waals surface area contributed by atoms with Gasteiger partial charge in [-0.1, -0.05) is 23.2 Å². The zero-order valence-corrected chi connectivity index (χ0v) is 12.9. The van der Waals surface area contributed by atoms with Gasteiger partial charge in [0.05, 0.1) is 9.26 Å². The first-order valence-electron chi connectivity index (χ1n) is 5.89. The Morgan fingerprint density at radius 3 is 2.70 bits per heavy atom. The summed E-state index contributed by atoms with van der Waals surface area (Å²) in [5, 5.41) is 14.6. The Hall–Kier alpha value is -1.14. The lowest BCUT2D eigenvalue weighted by atomic mass is 10.1. The third kappa shape index (κ3) is 3.70. The number of nitro benzene ring substituents is 1. The zero-order chi connectivity index (χ0) is 14.7. The van der Waals surface area contributed by atoms with E-state index in [1.54, 1.807) is 12.1 Å². The van der Waals surface area contributed by atoms with E-state index in [4.69, 9.17) is 23.2 Å². The van der Waals surface area contributed by atoms with Crippen LogP contribution in [0.25, 0.3) is 0 Å². The highest BCUT2D eigenvalue weighted by atomic mass is 35.5. The van der Waals surface area contributed by atoms with Crippen LogP contribution in [-0.2, 0) is 6.54 Å². The normalized spacial score (nSPS) is 12.3. The van der Waals surface area contributed by atoms with Gasteiger partial charge >= 0.3 is 0 Å². The molecule has 20 heavy (non-hydrogen) atoms. The maximum Gasteiger partial charge on any atom is 0.275 e. The molecule has 1 aromatic heterocycles. The number of nitrogens with zero attached hydrogens (tertiary/aromatic N) is 1. The lowest BCUT2D eigenvalue weighted by Crippen LogP contribution is -2.17. The van der Waals surface area contributed by atoms with Gasteiger partial charge in [0.2, 0.25) is 0 Å². The molecule has 4 nitrogen and oxygen atoms in total. The number of nitro groups is 1. The number of thiophene rings is 1. The van der Waals surface area contributed by atoms with Crippen LogP contribution in [0.4, 0.5) is 5.69 Å². The van der Waals surface area contributed by atoms with Crippen molar-refractivity contribution in [2.75, 3.05) is 0 Å². The molecule has 0 fully saturated rings. The molecular formula is C13H12Cl2N2O2S. The zero-order valence-electron chi connectivity index (χ0n) is 10.6. The van der Waals surface area contributed by atoms with Gasteiger partial charge in [-0.15, -0.1) is 11.3 Å². The van der Waals surface area contributed by atoms with Crippen LogP contribution < -0.4 is 5.32 Å². The van der Waals surface area contributed by atoms with Gasteiger partial charge in [0, 0.05) is 34.1 Å². The van der Waals surface area contributed by atoms with Crippen molar-refractivity contribution in [1.29, 1.82) is 0 Å². The molecular weight excluding hydrogens is 319 g/mol. The Bertz CT molecular complexity index is 631. The van der Waals surface area contributed by atoms with Gasteiger partial charge in [-0.3, -0.25) is 10.1 Å². The molecule has 0 radical (unpaired) electrons. The molecule has 0 saturated carbocycles. The van der Waals surface area contributed by atoms with E-state index in [1.807, 2.05) is 19.1 Å². The van der Waals surface area contributed by atoms with E-state index in [9.17, 15) is 10.1 Å². The van der Waals surface area contributed by atoms with E-state index >= 15 is 0 Å². The standard InChI is InChI=1S/C13H12Cl2N2O2S/c1-8(12-4-5-13(15)20-12)16-7-9-2-3-10(14)6-11(9)17(18)19/h2-6,8,16H,7H2,1H3. The maximum atomic E-state index is 11.0. The van der Waals surface area contributed by atoms with Crippen LogP contribution in [0.5, 0.6) is 0 Å². The molecule has 7 heteroatoms. The van der Waals surface area contributed by atoms with Gasteiger partial charge in [0.1, 0.15) is 0 Å². The van der Waals surface area contributed by atoms with Gasteiger partial charge in [-0.05, 0) is 31.2 Å². The van der Waals surface area contributed by atoms with E-state index in [2.05, 4.69) is 5.32 Å². The monoisotopic (exact) mass is 330 g/mol. The molecule has 1 unspecified atom stereocenters. The number of halogens is 2. The van der Waals surface area contributed by atoms with Crippen molar-refractivity contribution in [3.05, 3.63) is 60.2 Å². The van der Waals surface area contributed by atoms with Crippen molar-refractivity contribution in [2.24, 2.45) is 0 Å². The molecule has 2 rings (SSSR count). The average molecular weight is 331 g/mol. The van der Waals surface area contributed by atoms with Crippen molar-refractivity contribution in [1.82, 2.24) is 5.32 Å². The van der Waals surface area contributed by atoms with Gasteiger partial charge in [0.15, 0.2) is 0 Å². The van der Waals surface area contributed by atoms with Gasteiger partial charge in [-0.2, -0.15) is 0 Å². The van der Waals surface area contributed by atoms with Crippen molar-refractivity contribution < 1.29 is 4.92 Å². The maximum absolute atomic E-state index is 11.0. The summed E-state index contributed by atoms with van der Waals surface area (Å²) in [4.78, 5) is 11.7. The van der Waals surface area contributed by atoms with E-state index < -0.39 is 4.92 Å². The van der Waals surface area contributed by atoms with Gasteiger partial charge < -0.3 is 5.32 Å². The average Bonchev–Trinajstić information content (AvgIpc) is 2.83. The minimum atomic E-state index is -0.421. The summed E-state index contributed by atoms with van der Waals surface area (Å²) in [6.45, 7) is 2.38. The van der Waals surface area contributed by atoms with Crippen LogP contribution in [0, 0.1) is 10.1 Å². The fourth-order valence-electron chi connectivity index (χ4n) is 1.78. The lowest BCUT2D eigenvalue weighted by molar-refractivity contribution is -0.385. The highest BCUT2D eigenvalue weighted by Gasteiger charge is 2.15. The molecule has 1 aromatic carbocycles. The minimum absolute atomic E-state index is 0.0291. The highest BCUT2D eigenvalue weighted by molar-refractivity contribution is 7.16. The highest BCUT2D eigenvalue weighted by Crippen LogP contribution is 2.28. The summed E-state index contributed by atoms with van der Waals surface area (Å²) in [7, 11) is 0. The van der Waals surface area contributed by atoms with Gasteiger partial charge in [0.25, 0.3) is 5.69 Å². The predicted octanol–water partition coefficient (Wildman–Crippen LogP) is 4.81. The van der Waals surface area contributed by atoms with E-state index in [0.29, 0.717) is 17.1 Å². The SMILES string of the molecule is CC(NCc1ccc(Cl)cc1[N+](=O)[O-])c1ccc(Cl)s1. The smallest absolute Gasteiger partial charge is 0.275 e. The van der Waals surface area contributed by atoms with Crippen molar-refractivity contribution in [3.8, 4) is 0 Å². The summed E-state index contributed by atoms with van der Waals surface area (Å²) < 4.78 is 0.728.